The molecular formula is C65H74Cl3N9O6S3. The molecule has 4 aliphatic heterocycles. The number of hydrogen-bond donors (Lipinski definition) is 0. The van der Waals surface area contributed by atoms with Crippen LogP contribution in [0.15, 0.2) is 212 Å². The highest BCUT2D eigenvalue weighted by Crippen LogP contribution is 2.35. The molecule has 0 radical (unpaired) electrons. The highest BCUT2D eigenvalue weighted by molar-refractivity contribution is 7.92. The number of piperidine rings is 1. The topological polar surface area (TPSA) is 161 Å². The molecule has 86 heavy (non-hydrogen) atoms. The second-order valence-corrected chi connectivity index (χ2v) is 28.2. The van der Waals surface area contributed by atoms with Crippen LogP contribution in [0.4, 0.5) is 17.1 Å². The van der Waals surface area contributed by atoms with Crippen LogP contribution in [0.1, 0.15) is 32.1 Å². The van der Waals surface area contributed by atoms with E-state index in [2.05, 4.69) is 84.7 Å². The van der Waals surface area contributed by atoms with E-state index in [0.29, 0.717) is 23.0 Å². The number of nitrogens with zero attached hydrogens (tertiary/aromatic N) is 9. The largest absolute Gasteiger partial charge is 0.370 e. The first-order valence-corrected chi connectivity index (χ1v) is 32.9. The highest BCUT2D eigenvalue weighted by atomic mass is 35.5. The third-order valence-electron chi connectivity index (χ3n) is 16.7. The van der Waals surface area contributed by atoms with Gasteiger partial charge in [0.05, 0.1) is 63.0 Å². The van der Waals surface area contributed by atoms with Crippen LogP contribution in [-0.2, 0) is 29.5 Å². The Morgan fingerprint density at radius 2 is 0.709 bits per heavy atom. The molecular weight excluding hydrogens is 1210 g/mol. The van der Waals surface area contributed by atoms with E-state index < -0.39 is 29.5 Å². The fraction of sp³-hybridized carbons (Fsp3) is 0.308. The molecule has 0 N–H and O–H groups in total. The van der Waals surface area contributed by atoms with Gasteiger partial charge in [0.1, 0.15) is 0 Å². The molecule has 0 bridgehead atoms. The van der Waals surface area contributed by atoms with Crippen molar-refractivity contribution in [2.24, 2.45) is 0 Å². The van der Waals surface area contributed by atoms with E-state index in [9.17, 15) is 25.3 Å². The Labute approximate surface area is 525 Å². The van der Waals surface area contributed by atoms with Crippen LogP contribution in [0.2, 0.25) is 0 Å². The molecule has 1 atom stereocenters. The summed E-state index contributed by atoms with van der Waals surface area (Å²) in [7, 11) is -2.30. The lowest BCUT2D eigenvalue weighted by Gasteiger charge is -2.44. The van der Waals surface area contributed by atoms with Gasteiger partial charge >= 0.3 is 0 Å². The molecule has 7 heterocycles. The summed E-state index contributed by atoms with van der Waals surface area (Å²) < 4.78 is 77.4. The molecule has 4 fully saturated rings. The van der Waals surface area contributed by atoms with Gasteiger partial charge in [-0.25, -0.2) is 25.3 Å². The molecule has 454 valence electrons. The lowest BCUT2D eigenvalue weighted by atomic mass is 10.0. The average molecular weight is 1280 g/mol. The molecule has 9 aromatic rings. The van der Waals surface area contributed by atoms with Crippen LogP contribution in [0.3, 0.4) is 0 Å². The van der Waals surface area contributed by atoms with Gasteiger partial charge in [0.15, 0.2) is 0 Å². The molecule has 0 amide bonds. The summed E-state index contributed by atoms with van der Waals surface area (Å²) in [5.74, 6) is 0. The summed E-state index contributed by atoms with van der Waals surface area (Å²) >= 11 is 0. The van der Waals surface area contributed by atoms with Crippen LogP contribution in [0, 0.1) is 0 Å². The second-order valence-electron chi connectivity index (χ2n) is 22.3. The number of anilines is 3. The first-order chi connectivity index (χ1) is 40.1. The maximum absolute atomic E-state index is 13.0. The van der Waals surface area contributed by atoms with Gasteiger partial charge in [0.25, 0.3) is 0 Å². The zero-order valence-corrected chi connectivity index (χ0v) is 53.6. The van der Waals surface area contributed by atoms with E-state index in [4.69, 9.17) is 0 Å². The van der Waals surface area contributed by atoms with Crippen molar-refractivity contribution in [1.82, 2.24) is 29.7 Å². The summed E-state index contributed by atoms with van der Waals surface area (Å²) in [4.78, 5) is 29.4. The van der Waals surface area contributed by atoms with Gasteiger partial charge in [-0.3, -0.25) is 15.0 Å². The van der Waals surface area contributed by atoms with E-state index in [1.807, 2.05) is 48.5 Å². The standard InChI is InChI=1S/C24H27N3O2S.C21H23N3O2S.C20H21N3O2S.3ClH/c28-30(29,21-8-2-1-3-9-21)22-17-19-7-6-10-23(24(19)25-18-22)27-15-11-20(12-16-27)26-13-4-5-14-26;1-23(2)17-11-12-24(15-17)20-10-6-7-16-13-19(14-22-21(16)20)27(25,26)18-8-4-3-5-9-18;1-22(2)16-13-23(14-16)19-10-6-7-15-11-18(12-21-20(15)19)26(24,25)17-8-4-3-5-9-17;;;/h1-3,6-10,17-18,20H,4-5,11-16H2;3-10,13-14,17H,11-12,15H2,1-2H3;3-12,16H,13-14H2,1-2H3;3*1H. The molecule has 13 rings (SSSR count). The summed E-state index contributed by atoms with van der Waals surface area (Å²) in [5, 5.41) is 2.55. The number of pyridine rings is 3. The number of likely N-dealkylation sites (tertiary alicyclic amines) is 1. The monoisotopic (exact) mass is 1280 g/mol. The fourth-order valence-electron chi connectivity index (χ4n) is 11.7. The average Bonchev–Trinajstić information content (AvgIpc) is 1.04. The van der Waals surface area contributed by atoms with Crippen LogP contribution in [0.5, 0.6) is 0 Å². The van der Waals surface area contributed by atoms with Gasteiger partial charge in [-0.1, -0.05) is 91.0 Å². The van der Waals surface area contributed by atoms with Crippen molar-refractivity contribution < 1.29 is 25.3 Å². The van der Waals surface area contributed by atoms with Crippen molar-refractivity contribution in [2.75, 3.05) is 95.2 Å². The van der Waals surface area contributed by atoms with Gasteiger partial charge in [-0.2, -0.15) is 0 Å². The number of halogens is 3. The quantitative estimate of drug-likeness (QED) is 0.114. The van der Waals surface area contributed by atoms with Crippen LogP contribution in [-0.4, -0.2) is 154 Å². The molecule has 1 unspecified atom stereocenters. The molecule has 6 aromatic carbocycles. The Balaban J connectivity index is 0.000000165. The van der Waals surface area contributed by atoms with Gasteiger partial charge in [-0.15, -0.1) is 37.2 Å². The van der Waals surface area contributed by atoms with Crippen molar-refractivity contribution in [3.8, 4) is 0 Å². The first kappa shape index (κ1) is 65.5. The number of likely N-dealkylation sites (N-methyl/N-ethyl adjacent to an activating group) is 2. The maximum atomic E-state index is 13.0. The normalized spacial score (nSPS) is 16.8. The zero-order chi connectivity index (χ0) is 57.9. The van der Waals surface area contributed by atoms with Crippen LogP contribution >= 0.6 is 37.2 Å². The third kappa shape index (κ3) is 13.9. The second kappa shape index (κ2) is 28.1. The van der Waals surface area contributed by atoms with E-state index in [1.54, 1.807) is 103 Å². The van der Waals surface area contributed by atoms with Gasteiger partial charge < -0.3 is 29.4 Å². The number of fused-ring (bicyclic) bond motifs is 3. The molecule has 15 nitrogen and oxygen atoms in total. The van der Waals surface area contributed by atoms with Crippen molar-refractivity contribution >= 4 is 117 Å². The van der Waals surface area contributed by atoms with E-state index in [1.165, 1.54) is 57.4 Å². The van der Waals surface area contributed by atoms with Crippen molar-refractivity contribution in [1.29, 1.82) is 0 Å². The molecule has 3 aromatic heterocycles. The smallest absolute Gasteiger partial charge is 0.208 e. The number of benzene rings is 6. The van der Waals surface area contributed by atoms with Gasteiger partial charge in [-0.05, 0) is 146 Å². The van der Waals surface area contributed by atoms with Crippen molar-refractivity contribution in [2.45, 2.75) is 79.6 Å². The minimum atomic E-state index is -3.57. The summed E-state index contributed by atoms with van der Waals surface area (Å²) in [5.41, 5.74) is 5.81. The van der Waals surface area contributed by atoms with Gasteiger partial charge in [0.2, 0.25) is 29.5 Å². The molecule has 4 aliphatic rings. The predicted octanol–water partition coefficient (Wildman–Crippen LogP) is 11.4. The number of hydrogen-bond acceptors (Lipinski definition) is 15. The van der Waals surface area contributed by atoms with E-state index in [0.717, 1.165) is 95.5 Å². The predicted molar refractivity (Wildman–Crippen MR) is 353 cm³/mol. The molecule has 0 aliphatic carbocycles. The lowest BCUT2D eigenvalue weighted by Crippen LogP contribution is -2.57. The lowest BCUT2D eigenvalue weighted by molar-refractivity contribution is 0.208. The number of rotatable bonds is 12. The Kier molecular flexibility index (Phi) is 21.4. The summed E-state index contributed by atoms with van der Waals surface area (Å²) in [6.45, 7) is 8.39. The number of para-hydroxylation sites is 3. The molecule has 4 saturated heterocycles. The maximum Gasteiger partial charge on any atom is 0.208 e. The molecule has 0 saturated carbocycles. The Bertz CT molecular complexity index is 4100. The van der Waals surface area contributed by atoms with Crippen molar-refractivity contribution in [3.63, 3.8) is 0 Å². The first-order valence-electron chi connectivity index (χ1n) is 28.4. The fourth-order valence-corrected chi connectivity index (χ4v) is 15.5. The third-order valence-corrected chi connectivity index (χ3v) is 21.9. The minimum absolute atomic E-state index is 0. The minimum Gasteiger partial charge on any atom is -0.370 e. The number of sulfone groups is 3. The molecule has 0 spiro atoms. The summed E-state index contributed by atoms with van der Waals surface area (Å²) in [6, 6.07) is 50.4. The molecule has 21 heteroatoms. The Hall–Kier alpha value is -6.45. The Morgan fingerprint density at radius 1 is 0.372 bits per heavy atom. The number of aromatic nitrogens is 3. The Morgan fingerprint density at radius 3 is 1.07 bits per heavy atom. The zero-order valence-electron chi connectivity index (χ0n) is 48.7. The summed E-state index contributed by atoms with van der Waals surface area (Å²) in [6.07, 6.45) is 10.6. The highest BCUT2D eigenvalue weighted by Gasteiger charge is 2.32. The van der Waals surface area contributed by atoms with Crippen LogP contribution < -0.4 is 14.7 Å². The van der Waals surface area contributed by atoms with E-state index >= 15 is 0 Å². The SMILES string of the molecule is CN(C)C1CCN(c2cccc3cc(S(=O)(=O)c4ccccc4)cnc23)C1.CN(C)C1CN(c2cccc3cc(S(=O)(=O)c4ccccc4)cnc23)C1.Cl.Cl.Cl.O=S(=O)(c1ccccc1)c1cnc2c(N3CCC(N4CCCC4)CC3)cccc2c1. The van der Waals surface area contributed by atoms with Gasteiger partial charge in [0, 0.05) is 92.1 Å². The van der Waals surface area contributed by atoms with E-state index in [-0.39, 0.29) is 61.7 Å². The van der Waals surface area contributed by atoms with Crippen molar-refractivity contribution in [3.05, 3.63) is 182 Å². The van der Waals surface area contributed by atoms with Crippen LogP contribution in [0.25, 0.3) is 32.7 Å².